The molecule has 0 aliphatic carbocycles. The molecule has 3 atom stereocenters. The van der Waals surface area contributed by atoms with Crippen molar-refractivity contribution in [3.8, 4) is 0 Å². The van der Waals surface area contributed by atoms with E-state index in [4.69, 9.17) is 0 Å². The fourth-order valence-corrected chi connectivity index (χ4v) is 9.60. The van der Waals surface area contributed by atoms with E-state index in [-0.39, 0.29) is 72.4 Å². The summed E-state index contributed by atoms with van der Waals surface area (Å²) in [5, 5.41) is 30.2. The van der Waals surface area contributed by atoms with Crippen LogP contribution < -0.4 is 47.9 Å². The Hall–Kier alpha value is -3.42. The number of unbranched alkanes of at least 4 members (excludes halogenated alkanes) is 9. The normalized spacial score (nSPS) is 21.6. The van der Waals surface area contributed by atoms with E-state index in [9.17, 15) is 28.8 Å². The number of amides is 6. The van der Waals surface area contributed by atoms with Gasteiger partial charge in [-0.1, -0.05) is 52.4 Å². The zero-order chi connectivity index (χ0) is 48.1. The molecule has 4 rings (SSSR count). The molecule has 4 aliphatic heterocycles. The molecule has 4 aliphatic rings. The van der Waals surface area contributed by atoms with Crippen molar-refractivity contribution in [3.63, 3.8) is 0 Å². The van der Waals surface area contributed by atoms with Gasteiger partial charge in [0, 0.05) is 116 Å². The Bertz CT molecular complexity index is 1450. The number of carbonyl (C=O) groups is 6. The van der Waals surface area contributed by atoms with Crippen LogP contribution in [-0.2, 0) is 28.8 Å². The molecule has 18 heteroatoms. The smallest absolute Gasteiger partial charge is 0.220 e. The van der Waals surface area contributed by atoms with Gasteiger partial charge in [0.1, 0.15) is 18.9 Å². The summed E-state index contributed by atoms with van der Waals surface area (Å²) in [6.07, 6.45) is 20.7. The first-order valence-electron chi connectivity index (χ1n) is 26.7. The summed E-state index contributed by atoms with van der Waals surface area (Å²) in [4.78, 5) is 80.7. The molecule has 384 valence electrons. The van der Waals surface area contributed by atoms with E-state index in [1.54, 1.807) is 6.92 Å². The van der Waals surface area contributed by atoms with Gasteiger partial charge >= 0.3 is 0 Å². The summed E-state index contributed by atoms with van der Waals surface area (Å²) >= 11 is 0. The minimum Gasteiger partial charge on any atom is -0.356 e. The predicted octanol–water partition coefficient (Wildman–Crippen LogP) is 3.18. The second-order valence-electron chi connectivity index (χ2n) is 19.5. The van der Waals surface area contributed by atoms with Gasteiger partial charge in [-0.05, 0) is 89.9 Å². The monoisotopic (exact) mass is 945 g/mol. The lowest BCUT2D eigenvalue weighted by Crippen LogP contribution is -2.79. The van der Waals surface area contributed by atoms with E-state index in [2.05, 4.69) is 76.4 Å². The van der Waals surface area contributed by atoms with Crippen LogP contribution in [0.5, 0.6) is 0 Å². The third-order valence-corrected chi connectivity index (χ3v) is 13.7. The molecule has 4 fully saturated rings. The van der Waals surface area contributed by atoms with E-state index < -0.39 is 0 Å². The Labute approximate surface area is 402 Å². The van der Waals surface area contributed by atoms with Crippen LogP contribution in [0.4, 0.5) is 0 Å². The van der Waals surface area contributed by atoms with E-state index in [1.807, 2.05) is 0 Å². The lowest BCUT2D eigenvalue weighted by atomic mass is 10.0. The maximum atomic E-state index is 12.9. The Morgan fingerprint density at radius 2 is 0.687 bits per heavy atom. The van der Waals surface area contributed by atoms with Crippen molar-refractivity contribution in [2.45, 2.75) is 218 Å². The number of rotatable bonds is 31. The highest BCUT2D eigenvalue weighted by Crippen LogP contribution is 2.20. The van der Waals surface area contributed by atoms with E-state index in [1.165, 1.54) is 0 Å². The van der Waals surface area contributed by atoms with Crippen LogP contribution in [0.2, 0.25) is 0 Å². The number of carbonyl (C=O) groups excluding carboxylic acids is 6. The van der Waals surface area contributed by atoms with Crippen LogP contribution in [0.25, 0.3) is 0 Å². The van der Waals surface area contributed by atoms with Crippen LogP contribution in [0.15, 0.2) is 0 Å². The van der Waals surface area contributed by atoms with Crippen LogP contribution in [0.3, 0.4) is 0 Å². The van der Waals surface area contributed by atoms with Gasteiger partial charge in [-0.2, -0.15) is 0 Å². The SMILES string of the molecule is CCCCCC(=O)NCCCCCC(=O)NC1CCN(C2NC(N3CCC(NC(C)=O)CC3)NC(N3CCC(NC(=O)CCCCCNC(=O)CCCCCNC(=O)CCCC)CC3)N2)CC1. The number of likely N-dealkylation sites (tertiary alicyclic amines) is 3. The molecular weight excluding hydrogens is 853 g/mol. The molecule has 3 unspecified atom stereocenters. The summed E-state index contributed by atoms with van der Waals surface area (Å²) in [5.41, 5.74) is 0. The Morgan fingerprint density at radius 1 is 0.388 bits per heavy atom. The quantitative estimate of drug-likeness (QED) is 0.0458. The van der Waals surface area contributed by atoms with Gasteiger partial charge in [0.25, 0.3) is 0 Å². The molecule has 0 aromatic carbocycles. The maximum absolute atomic E-state index is 12.9. The number of hydrogen-bond acceptors (Lipinski definition) is 12. The summed E-state index contributed by atoms with van der Waals surface area (Å²) < 4.78 is 0. The van der Waals surface area contributed by atoms with Crippen LogP contribution >= 0.6 is 0 Å². The molecule has 67 heavy (non-hydrogen) atoms. The molecule has 0 bridgehead atoms. The Balaban J connectivity index is 1.12. The first kappa shape index (κ1) is 56.2. The van der Waals surface area contributed by atoms with Crippen molar-refractivity contribution in [3.05, 3.63) is 0 Å². The average molecular weight is 945 g/mol. The van der Waals surface area contributed by atoms with Crippen LogP contribution in [-0.4, -0.2) is 146 Å². The number of nitrogens with zero attached hydrogens (tertiary/aromatic N) is 3. The minimum absolute atomic E-state index is 0.0180. The van der Waals surface area contributed by atoms with Gasteiger partial charge in [0.15, 0.2) is 0 Å². The van der Waals surface area contributed by atoms with Gasteiger partial charge < -0.3 is 31.9 Å². The predicted molar refractivity (Wildman–Crippen MR) is 263 cm³/mol. The molecule has 0 radical (unpaired) electrons. The standard InChI is InChI=1S/C49H92N12O6/c1-4-6-11-19-43(64)51-30-16-9-13-21-45(66)54-40-25-34-60(35-26-40)48-56-47(59-32-23-39(24-33-59)53-38(3)62)57-49(58-48)61-36-27-41(28-37-61)55-46(67)22-14-10-17-31-52-44(65)20-12-8-15-29-50-42(63)18-7-5-2/h39-41,47-49,56-58H,4-37H2,1-3H3,(H,50,63)(H,51,64)(H,52,65)(H,53,62)(H,54,66)(H,55,67). The summed E-state index contributed by atoms with van der Waals surface area (Å²) in [5.74, 6) is 0.541. The zero-order valence-corrected chi connectivity index (χ0v) is 41.8. The molecule has 4 heterocycles. The topological polar surface area (TPSA) is 220 Å². The highest BCUT2D eigenvalue weighted by molar-refractivity contribution is 5.77. The van der Waals surface area contributed by atoms with Crippen molar-refractivity contribution < 1.29 is 28.8 Å². The minimum atomic E-state index is -0.0670. The first-order chi connectivity index (χ1) is 32.5. The Kier molecular flexibility index (Phi) is 27.8. The molecule has 9 N–H and O–H groups in total. The third kappa shape index (κ3) is 23.6. The average Bonchev–Trinajstić information content (AvgIpc) is 3.32. The third-order valence-electron chi connectivity index (χ3n) is 13.7. The van der Waals surface area contributed by atoms with E-state index in [0.717, 1.165) is 168 Å². The lowest BCUT2D eigenvalue weighted by Gasteiger charge is -2.52. The van der Waals surface area contributed by atoms with Crippen molar-refractivity contribution >= 4 is 35.4 Å². The lowest BCUT2D eigenvalue weighted by molar-refractivity contribution is -0.123. The molecule has 0 saturated carbocycles. The first-order valence-corrected chi connectivity index (χ1v) is 26.7. The molecular formula is C49H92N12O6. The largest absolute Gasteiger partial charge is 0.356 e. The summed E-state index contributed by atoms with van der Waals surface area (Å²) in [7, 11) is 0. The van der Waals surface area contributed by atoms with Crippen molar-refractivity contribution in [2.24, 2.45) is 0 Å². The maximum Gasteiger partial charge on any atom is 0.220 e. The van der Waals surface area contributed by atoms with Crippen molar-refractivity contribution in [2.75, 3.05) is 58.9 Å². The highest BCUT2D eigenvalue weighted by atomic mass is 16.2. The van der Waals surface area contributed by atoms with Gasteiger partial charge in [0.05, 0.1) is 0 Å². The van der Waals surface area contributed by atoms with Crippen LogP contribution in [0, 0.1) is 0 Å². The number of piperidine rings is 3. The zero-order valence-electron chi connectivity index (χ0n) is 41.8. The molecule has 0 aromatic rings. The fourth-order valence-electron chi connectivity index (χ4n) is 9.60. The fraction of sp³-hybridized carbons (Fsp3) is 0.878. The van der Waals surface area contributed by atoms with E-state index in [0.29, 0.717) is 51.7 Å². The van der Waals surface area contributed by atoms with Crippen molar-refractivity contribution in [1.29, 1.82) is 0 Å². The summed E-state index contributed by atoms with van der Waals surface area (Å²) in [6.45, 7) is 12.9. The van der Waals surface area contributed by atoms with Gasteiger partial charge in [0.2, 0.25) is 35.4 Å². The second-order valence-corrected chi connectivity index (χ2v) is 19.5. The number of hydrogen-bond donors (Lipinski definition) is 9. The molecule has 6 amide bonds. The summed E-state index contributed by atoms with van der Waals surface area (Å²) in [6, 6.07) is 0.493. The van der Waals surface area contributed by atoms with Crippen molar-refractivity contribution in [1.82, 2.24) is 62.6 Å². The van der Waals surface area contributed by atoms with Gasteiger partial charge in [-0.25, -0.2) is 0 Å². The number of nitrogens with one attached hydrogen (secondary N) is 9. The van der Waals surface area contributed by atoms with E-state index >= 15 is 0 Å². The molecule has 0 spiro atoms. The highest BCUT2D eigenvalue weighted by Gasteiger charge is 2.39. The molecule has 0 aromatic heterocycles. The van der Waals surface area contributed by atoms with Crippen LogP contribution in [0.1, 0.15) is 181 Å². The Morgan fingerprint density at radius 3 is 1.01 bits per heavy atom. The second kappa shape index (κ2) is 33.2. The van der Waals surface area contributed by atoms with Gasteiger partial charge in [-0.15, -0.1) is 0 Å². The molecule has 4 saturated heterocycles. The molecule has 18 nitrogen and oxygen atoms in total. The van der Waals surface area contributed by atoms with Gasteiger partial charge in [-0.3, -0.25) is 59.4 Å².